The Kier molecular flexibility index (Phi) is 4.56. The molecule has 1 heterocycles. The number of amides is 1. The topological polar surface area (TPSA) is 66.1 Å². The van der Waals surface area contributed by atoms with Crippen molar-refractivity contribution >= 4 is 28.9 Å². The molecule has 0 atom stereocenters. The molecule has 5 nitrogen and oxygen atoms in total. The molecule has 0 spiro atoms. The van der Waals surface area contributed by atoms with Crippen LogP contribution >= 0.6 is 12.2 Å². The average Bonchev–Trinajstić information content (AvgIpc) is 2.48. The summed E-state index contributed by atoms with van der Waals surface area (Å²) in [6.07, 6.45) is 3.01. The summed E-state index contributed by atoms with van der Waals surface area (Å²) < 4.78 is 13.4. The molecule has 0 saturated carbocycles. The highest BCUT2D eigenvalue weighted by atomic mass is 32.1. The van der Waals surface area contributed by atoms with Crippen molar-refractivity contribution in [2.75, 3.05) is 5.32 Å². The lowest BCUT2D eigenvalue weighted by molar-refractivity contribution is 0.0944. The van der Waals surface area contributed by atoms with E-state index in [-0.39, 0.29) is 16.7 Å². The van der Waals surface area contributed by atoms with E-state index in [2.05, 4.69) is 21.2 Å². The number of hydrazine groups is 1. The van der Waals surface area contributed by atoms with E-state index in [1.807, 2.05) is 0 Å². The SMILES string of the molecule is O=C(NNC(=S)Nc1ccccc1F)c1ccncc1. The van der Waals surface area contributed by atoms with Gasteiger partial charge in [0, 0.05) is 18.0 Å². The molecule has 7 heteroatoms. The van der Waals surface area contributed by atoms with Gasteiger partial charge in [0.25, 0.3) is 5.91 Å². The number of carbonyl (C=O) groups is 1. The normalized spacial score (nSPS) is 9.65. The third-order valence-electron chi connectivity index (χ3n) is 2.35. The lowest BCUT2D eigenvalue weighted by Crippen LogP contribution is -2.43. The minimum absolute atomic E-state index is 0.0810. The van der Waals surface area contributed by atoms with Gasteiger partial charge in [0.1, 0.15) is 5.82 Å². The minimum Gasteiger partial charge on any atom is -0.329 e. The van der Waals surface area contributed by atoms with Crippen molar-refractivity contribution in [1.82, 2.24) is 15.8 Å². The molecule has 1 aromatic carbocycles. The number of pyridine rings is 1. The molecule has 2 aromatic rings. The molecule has 2 rings (SSSR count). The standard InChI is InChI=1S/C13H11FN4OS/c14-10-3-1-2-4-11(10)16-13(20)18-17-12(19)9-5-7-15-8-6-9/h1-8H,(H,17,19)(H2,16,18,20). The Balaban J connectivity index is 1.87. The monoisotopic (exact) mass is 290 g/mol. The van der Waals surface area contributed by atoms with E-state index >= 15 is 0 Å². The van der Waals surface area contributed by atoms with Gasteiger partial charge < -0.3 is 5.32 Å². The molecule has 1 aromatic heterocycles. The molecule has 0 aliphatic carbocycles. The number of anilines is 1. The van der Waals surface area contributed by atoms with E-state index in [0.717, 1.165) is 0 Å². The first-order valence-corrected chi connectivity index (χ1v) is 6.09. The number of benzene rings is 1. The Morgan fingerprint density at radius 1 is 1.10 bits per heavy atom. The van der Waals surface area contributed by atoms with Crippen molar-refractivity contribution in [1.29, 1.82) is 0 Å². The lowest BCUT2D eigenvalue weighted by atomic mass is 10.3. The summed E-state index contributed by atoms with van der Waals surface area (Å²) in [6.45, 7) is 0. The van der Waals surface area contributed by atoms with Crippen molar-refractivity contribution in [3.8, 4) is 0 Å². The predicted octanol–water partition coefficient (Wildman–Crippen LogP) is 1.85. The molecule has 0 aliphatic heterocycles. The van der Waals surface area contributed by atoms with Gasteiger partial charge in [0.2, 0.25) is 0 Å². The minimum atomic E-state index is -0.433. The second-order valence-electron chi connectivity index (χ2n) is 3.75. The fourth-order valence-corrected chi connectivity index (χ4v) is 1.57. The first-order chi connectivity index (χ1) is 9.66. The van der Waals surface area contributed by atoms with E-state index in [0.29, 0.717) is 5.56 Å². The van der Waals surface area contributed by atoms with Crippen LogP contribution in [0.5, 0.6) is 0 Å². The number of halogens is 1. The Hall–Kier alpha value is -2.54. The Labute approximate surface area is 120 Å². The van der Waals surface area contributed by atoms with Crippen LogP contribution in [0.25, 0.3) is 0 Å². The highest BCUT2D eigenvalue weighted by molar-refractivity contribution is 7.80. The van der Waals surface area contributed by atoms with Gasteiger partial charge in [0.15, 0.2) is 5.11 Å². The summed E-state index contributed by atoms with van der Waals surface area (Å²) in [4.78, 5) is 15.5. The van der Waals surface area contributed by atoms with Crippen LogP contribution in [0.4, 0.5) is 10.1 Å². The van der Waals surface area contributed by atoms with Gasteiger partial charge in [-0.25, -0.2) is 4.39 Å². The number of hydrogen-bond acceptors (Lipinski definition) is 3. The van der Waals surface area contributed by atoms with E-state index in [9.17, 15) is 9.18 Å². The van der Waals surface area contributed by atoms with Gasteiger partial charge in [-0.1, -0.05) is 12.1 Å². The van der Waals surface area contributed by atoms with Crippen LogP contribution in [-0.2, 0) is 0 Å². The van der Waals surface area contributed by atoms with Crippen LogP contribution < -0.4 is 16.2 Å². The maximum Gasteiger partial charge on any atom is 0.269 e. The van der Waals surface area contributed by atoms with Crippen LogP contribution in [0.2, 0.25) is 0 Å². The maximum atomic E-state index is 13.4. The quantitative estimate of drug-likeness (QED) is 0.582. The highest BCUT2D eigenvalue weighted by Gasteiger charge is 2.06. The Morgan fingerprint density at radius 3 is 2.50 bits per heavy atom. The summed E-state index contributed by atoms with van der Waals surface area (Å²) in [5.41, 5.74) is 5.54. The summed E-state index contributed by atoms with van der Waals surface area (Å²) in [5.74, 6) is -0.804. The van der Waals surface area contributed by atoms with Crippen LogP contribution in [-0.4, -0.2) is 16.0 Å². The zero-order chi connectivity index (χ0) is 14.4. The summed E-state index contributed by atoms with van der Waals surface area (Å²) in [7, 11) is 0. The predicted molar refractivity (Wildman–Crippen MR) is 77.5 cm³/mol. The molecular weight excluding hydrogens is 279 g/mol. The zero-order valence-corrected chi connectivity index (χ0v) is 11.1. The molecule has 102 valence electrons. The van der Waals surface area contributed by atoms with Gasteiger partial charge >= 0.3 is 0 Å². The number of nitrogens with zero attached hydrogens (tertiary/aromatic N) is 1. The van der Waals surface area contributed by atoms with Crippen LogP contribution in [0.1, 0.15) is 10.4 Å². The Bertz CT molecular complexity index is 621. The van der Waals surface area contributed by atoms with E-state index < -0.39 is 5.82 Å². The number of rotatable bonds is 2. The molecule has 0 saturated heterocycles. The molecule has 0 radical (unpaired) electrons. The largest absolute Gasteiger partial charge is 0.329 e. The second kappa shape index (κ2) is 6.58. The Morgan fingerprint density at radius 2 is 1.80 bits per heavy atom. The van der Waals surface area contributed by atoms with Gasteiger partial charge in [-0.15, -0.1) is 0 Å². The number of thiocarbonyl (C=S) groups is 1. The third-order valence-corrected chi connectivity index (χ3v) is 2.56. The molecule has 0 unspecified atom stereocenters. The zero-order valence-electron chi connectivity index (χ0n) is 10.3. The molecular formula is C13H11FN4OS. The number of aromatic nitrogens is 1. The van der Waals surface area contributed by atoms with Gasteiger partial charge in [-0.05, 0) is 36.5 Å². The fourth-order valence-electron chi connectivity index (χ4n) is 1.41. The molecule has 20 heavy (non-hydrogen) atoms. The second-order valence-corrected chi connectivity index (χ2v) is 4.16. The van der Waals surface area contributed by atoms with E-state index in [1.165, 1.54) is 24.5 Å². The van der Waals surface area contributed by atoms with E-state index in [4.69, 9.17) is 12.2 Å². The molecule has 0 fully saturated rings. The number of hydrogen-bond donors (Lipinski definition) is 3. The number of carbonyl (C=O) groups excluding carboxylic acids is 1. The van der Waals surface area contributed by atoms with Crippen LogP contribution in [0.15, 0.2) is 48.8 Å². The third kappa shape index (κ3) is 3.72. The fraction of sp³-hybridized carbons (Fsp3) is 0. The highest BCUT2D eigenvalue weighted by Crippen LogP contribution is 2.11. The average molecular weight is 290 g/mol. The smallest absolute Gasteiger partial charge is 0.269 e. The molecule has 1 amide bonds. The lowest BCUT2D eigenvalue weighted by Gasteiger charge is -2.11. The van der Waals surface area contributed by atoms with Crippen LogP contribution in [0, 0.1) is 5.82 Å². The maximum absolute atomic E-state index is 13.4. The first-order valence-electron chi connectivity index (χ1n) is 5.68. The molecule has 3 N–H and O–H groups in total. The summed E-state index contributed by atoms with van der Waals surface area (Å²) in [5, 5.41) is 2.72. The number of nitrogens with one attached hydrogen (secondary N) is 3. The van der Waals surface area contributed by atoms with Crippen molar-refractivity contribution in [2.24, 2.45) is 0 Å². The number of para-hydroxylation sites is 1. The van der Waals surface area contributed by atoms with Crippen molar-refractivity contribution in [3.63, 3.8) is 0 Å². The van der Waals surface area contributed by atoms with Crippen molar-refractivity contribution < 1.29 is 9.18 Å². The molecule has 0 bridgehead atoms. The van der Waals surface area contributed by atoms with E-state index in [1.54, 1.807) is 24.3 Å². The van der Waals surface area contributed by atoms with Gasteiger partial charge in [0.05, 0.1) is 5.69 Å². The van der Waals surface area contributed by atoms with Crippen molar-refractivity contribution in [3.05, 3.63) is 60.2 Å². The first kappa shape index (κ1) is 13.9. The molecule has 0 aliphatic rings. The van der Waals surface area contributed by atoms with Gasteiger partial charge in [-0.2, -0.15) is 0 Å². The summed E-state index contributed by atoms with van der Waals surface area (Å²) in [6, 6.07) is 9.20. The summed E-state index contributed by atoms with van der Waals surface area (Å²) >= 11 is 4.95. The van der Waals surface area contributed by atoms with Crippen LogP contribution in [0.3, 0.4) is 0 Å². The van der Waals surface area contributed by atoms with Gasteiger partial charge in [-0.3, -0.25) is 20.6 Å². The van der Waals surface area contributed by atoms with Crippen molar-refractivity contribution in [2.45, 2.75) is 0 Å².